The summed E-state index contributed by atoms with van der Waals surface area (Å²) in [5.74, 6) is 1.35. The van der Waals surface area contributed by atoms with Gasteiger partial charge < -0.3 is 18.9 Å². The Kier molecular flexibility index (Phi) is 8.12. The Labute approximate surface area is 218 Å². The fourth-order valence-corrected chi connectivity index (χ4v) is 4.02. The van der Waals surface area contributed by atoms with Gasteiger partial charge in [-0.15, -0.1) is 0 Å². The van der Waals surface area contributed by atoms with Crippen LogP contribution in [-0.4, -0.2) is 78.7 Å². The standard InChI is InChI=1S/C28H36N4O5/c1-27(2)18-36-25(30-27)22-14-21(15-23(29-22)26-31-28(3,4)19-37-26)35-13-9-12-32(17-24(33)34-5)16-20-10-7-6-8-11-20/h6-8,10-11,14-15H,9,12-13,16-19H2,1-5H3. The van der Waals surface area contributed by atoms with Gasteiger partial charge in [-0.2, -0.15) is 0 Å². The second-order valence-corrected chi connectivity index (χ2v) is 10.6. The van der Waals surface area contributed by atoms with Gasteiger partial charge in [0.1, 0.15) is 30.4 Å². The number of methoxy groups -OCH3 is 1. The van der Waals surface area contributed by atoms with Crippen LogP contribution in [0.2, 0.25) is 0 Å². The van der Waals surface area contributed by atoms with Crippen molar-refractivity contribution in [2.45, 2.75) is 51.7 Å². The Hall–Kier alpha value is -3.46. The Balaban J connectivity index is 1.45. The normalized spacial score (nSPS) is 17.6. The number of aliphatic imine (C=N–C) groups is 2. The summed E-state index contributed by atoms with van der Waals surface area (Å²) in [6.07, 6.45) is 0.714. The highest BCUT2D eigenvalue weighted by Gasteiger charge is 2.31. The lowest BCUT2D eigenvalue weighted by Crippen LogP contribution is -2.31. The number of nitrogens with zero attached hydrogens (tertiary/aromatic N) is 4. The van der Waals surface area contributed by atoms with Crippen molar-refractivity contribution in [2.24, 2.45) is 9.98 Å². The lowest BCUT2D eigenvalue weighted by Gasteiger charge is -2.21. The molecule has 0 atom stereocenters. The fourth-order valence-electron chi connectivity index (χ4n) is 4.02. The molecule has 0 fully saturated rings. The average Bonchev–Trinajstić information content (AvgIpc) is 3.43. The van der Waals surface area contributed by atoms with E-state index in [0.717, 1.165) is 5.56 Å². The van der Waals surface area contributed by atoms with Crippen LogP contribution in [-0.2, 0) is 25.5 Å². The van der Waals surface area contributed by atoms with Crippen LogP contribution < -0.4 is 4.74 Å². The molecule has 1 aromatic carbocycles. The maximum atomic E-state index is 11.9. The van der Waals surface area contributed by atoms with Crippen molar-refractivity contribution >= 4 is 17.8 Å². The van der Waals surface area contributed by atoms with Crippen LogP contribution in [0.1, 0.15) is 51.1 Å². The number of carbonyl (C=O) groups excluding carboxylic acids is 1. The van der Waals surface area contributed by atoms with Crippen molar-refractivity contribution in [1.29, 1.82) is 0 Å². The number of benzene rings is 1. The number of hydrogen-bond donors (Lipinski definition) is 0. The highest BCUT2D eigenvalue weighted by atomic mass is 16.5. The van der Waals surface area contributed by atoms with E-state index >= 15 is 0 Å². The van der Waals surface area contributed by atoms with Gasteiger partial charge in [-0.1, -0.05) is 30.3 Å². The number of aromatic nitrogens is 1. The number of esters is 1. The minimum absolute atomic E-state index is 0.217. The summed E-state index contributed by atoms with van der Waals surface area (Å²) >= 11 is 0. The van der Waals surface area contributed by atoms with Crippen LogP contribution >= 0.6 is 0 Å². The van der Waals surface area contributed by atoms with E-state index in [0.29, 0.717) is 68.3 Å². The third-order valence-corrected chi connectivity index (χ3v) is 5.89. The summed E-state index contributed by atoms with van der Waals surface area (Å²) in [6, 6.07) is 13.7. The Morgan fingerprint density at radius 3 is 2.08 bits per heavy atom. The van der Waals surface area contributed by atoms with Gasteiger partial charge in [0.2, 0.25) is 11.8 Å². The van der Waals surface area contributed by atoms with Crippen LogP contribution in [0, 0.1) is 0 Å². The minimum Gasteiger partial charge on any atom is -0.493 e. The zero-order valence-corrected chi connectivity index (χ0v) is 22.3. The molecule has 198 valence electrons. The molecular formula is C28H36N4O5. The second kappa shape index (κ2) is 11.3. The summed E-state index contributed by atoms with van der Waals surface area (Å²) < 4.78 is 22.7. The smallest absolute Gasteiger partial charge is 0.319 e. The van der Waals surface area contributed by atoms with Gasteiger partial charge in [-0.3, -0.25) is 9.69 Å². The van der Waals surface area contributed by atoms with Crippen molar-refractivity contribution in [1.82, 2.24) is 9.88 Å². The first-order valence-corrected chi connectivity index (χ1v) is 12.6. The maximum absolute atomic E-state index is 11.9. The predicted octanol–water partition coefficient (Wildman–Crippen LogP) is 3.64. The summed E-state index contributed by atoms with van der Waals surface area (Å²) in [7, 11) is 1.41. The molecule has 37 heavy (non-hydrogen) atoms. The van der Waals surface area contributed by atoms with Gasteiger partial charge >= 0.3 is 5.97 Å². The molecule has 0 saturated heterocycles. The van der Waals surface area contributed by atoms with Crippen molar-refractivity contribution < 1.29 is 23.7 Å². The maximum Gasteiger partial charge on any atom is 0.319 e. The van der Waals surface area contributed by atoms with Crippen LogP contribution in [0.15, 0.2) is 52.4 Å². The van der Waals surface area contributed by atoms with Crippen molar-refractivity contribution in [3.8, 4) is 5.75 Å². The highest BCUT2D eigenvalue weighted by molar-refractivity contribution is 5.98. The number of pyridine rings is 1. The zero-order valence-electron chi connectivity index (χ0n) is 22.3. The van der Waals surface area contributed by atoms with Crippen LogP contribution in [0.4, 0.5) is 0 Å². The highest BCUT2D eigenvalue weighted by Crippen LogP contribution is 2.26. The van der Waals surface area contributed by atoms with Crippen molar-refractivity contribution in [3.63, 3.8) is 0 Å². The third-order valence-electron chi connectivity index (χ3n) is 5.89. The molecule has 0 amide bonds. The molecule has 4 rings (SSSR count). The molecule has 2 aliphatic rings. The molecule has 2 aromatic rings. The summed E-state index contributed by atoms with van der Waals surface area (Å²) in [5.41, 5.74) is 1.70. The van der Waals surface area contributed by atoms with Crippen molar-refractivity contribution in [3.05, 3.63) is 59.4 Å². The van der Waals surface area contributed by atoms with Gasteiger partial charge in [-0.05, 0) is 39.7 Å². The molecule has 0 spiro atoms. The van der Waals surface area contributed by atoms with Crippen LogP contribution in [0.5, 0.6) is 5.75 Å². The van der Waals surface area contributed by atoms with E-state index in [1.807, 2.05) is 70.2 Å². The largest absolute Gasteiger partial charge is 0.493 e. The molecule has 1 aromatic heterocycles. The van der Waals surface area contributed by atoms with E-state index in [2.05, 4.69) is 14.9 Å². The number of ether oxygens (including phenoxy) is 4. The molecule has 0 saturated carbocycles. The predicted molar refractivity (Wildman–Crippen MR) is 141 cm³/mol. The van der Waals surface area contributed by atoms with E-state index in [1.165, 1.54) is 7.11 Å². The van der Waals surface area contributed by atoms with E-state index in [1.54, 1.807) is 0 Å². The Morgan fingerprint density at radius 2 is 1.57 bits per heavy atom. The molecule has 9 heteroatoms. The van der Waals surface area contributed by atoms with Gasteiger partial charge in [0.15, 0.2) is 0 Å². The molecular weight excluding hydrogens is 472 g/mol. The van der Waals surface area contributed by atoms with Gasteiger partial charge in [0.25, 0.3) is 0 Å². The van der Waals surface area contributed by atoms with E-state index in [4.69, 9.17) is 23.9 Å². The molecule has 0 bridgehead atoms. The average molecular weight is 509 g/mol. The summed E-state index contributed by atoms with van der Waals surface area (Å²) in [5, 5.41) is 0. The van der Waals surface area contributed by atoms with Gasteiger partial charge in [-0.25, -0.2) is 15.0 Å². The first-order chi connectivity index (χ1) is 17.6. The monoisotopic (exact) mass is 508 g/mol. The van der Waals surface area contributed by atoms with Gasteiger partial charge in [0.05, 0.1) is 31.3 Å². The quantitative estimate of drug-likeness (QED) is 0.338. The first-order valence-electron chi connectivity index (χ1n) is 12.6. The van der Waals surface area contributed by atoms with E-state index in [-0.39, 0.29) is 23.6 Å². The SMILES string of the molecule is COC(=O)CN(CCCOc1cc(C2=NC(C)(C)CO2)nc(C2=NC(C)(C)CO2)c1)Cc1ccccc1. The topological polar surface area (TPSA) is 94.8 Å². The van der Waals surface area contributed by atoms with Gasteiger partial charge in [0, 0.05) is 25.2 Å². The Bertz CT molecular complexity index is 1110. The third kappa shape index (κ3) is 7.52. The molecule has 0 N–H and O–H groups in total. The van der Waals surface area contributed by atoms with Crippen molar-refractivity contribution in [2.75, 3.05) is 40.0 Å². The molecule has 9 nitrogen and oxygen atoms in total. The molecule has 2 aliphatic heterocycles. The zero-order chi connectivity index (χ0) is 26.5. The number of rotatable bonds is 11. The fraction of sp³-hybridized carbons (Fsp3) is 0.500. The molecule has 0 aliphatic carbocycles. The van der Waals surface area contributed by atoms with Crippen LogP contribution in [0.3, 0.4) is 0 Å². The molecule has 0 unspecified atom stereocenters. The Morgan fingerprint density at radius 1 is 0.973 bits per heavy atom. The second-order valence-electron chi connectivity index (χ2n) is 10.6. The summed E-state index contributed by atoms with van der Waals surface area (Å²) in [4.78, 5) is 28.1. The lowest BCUT2D eigenvalue weighted by molar-refractivity contribution is -0.142. The summed E-state index contributed by atoms with van der Waals surface area (Å²) in [6.45, 7) is 11.0. The van der Waals surface area contributed by atoms with E-state index in [9.17, 15) is 4.79 Å². The lowest BCUT2D eigenvalue weighted by atomic mass is 10.1. The first kappa shape index (κ1) is 26.6. The molecule has 0 radical (unpaired) electrons. The van der Waals surface area contributed by atoms with E-state index < -0.39 is 0 Å². The molecule has 3 heterocycles. The number of hydrogen-bond acceptors (Lipinski definition) is 9. The van der Waals surface area contributed by atoms with Crippen LogP contribution in [0.25, 0.3) is 0 Å². The minimum atomic E-state index is -0.306. The number of carbonyl (C=O) groups is 1.